The minimum Gasteiger partial charge on any atom is -0.492 e. The van der Waals surface area contributed by atoms with Crippen LogP contribution in [0.3, 0.4) is 0 Å². The molecule has 1 aliphatic heterocycles. The molecule has 3 rings (SSSR count). The summed E-state index contributed by atoms with van der Waals surface area (Å²) in [5.74, 6) is -1.43. The Kier molecular flexibility index (Phi) is 5.00. The summed E-state index contributed by atoms with van der Waals surface area (Å²) in [5.41, 5.74) is 0.449. The number of hydroxylamine groups is 2. The van der Waals surface area contributed by atoms with E-state index in [1.54, 1.807) is 36.4 Å². The summed E-state index contributed by atoms with van der Waals surface area (Å²) >= 11 is 5.96. The van der Waals surface area contributed by atoms with Crippen molar-refractivity contribution in [3.63, 3.8) is 0 Å². The summed E-state index contributed by atoms with van der Waals surface area (Å²) in [6.07, 6.45) is 0.352. The highest BCUT2D eigenvalue weighted by molar-refractivity contribution is 6.32. The van der Waals surface area contributed by atoms with Crippen LogP contribution in [0.25, 0.3) is 0 Å². The number of benzene rings is 2. The molecule has 0 spiro atoms. The minimum absolute atomic E-state index is 0.00213. The van der Waals surface area contributed by atoms with Crippen molar-refractivity contribution < 1.29 is 24.0 Å². The molecule has 6 nitrogen and oxygen atoms in total. The van der Waals surface area contributed by atoms with Gasteiger partial charge in [0.1, 0.15) is 5.75 Å². The number of fused-ring (bicyclic) bond motifs is 1. The maximum absolute atomic E-state index is 12.1. The molecule has 2 aromatic rings. The quantitative estimate of drug-likeness (QED) is 0.584. The lowest BCUT2D eigenvalue weighted by Crippen LogP contribution is -2.32. The topological polar surface area (TPSA) is 72.9 Å². The Morgan fingerprint density at radius 1 is 0.960 bits per heavy atom. The van der Waals surface area contributed by atoms with Gasteiger partial charge in [0.05, 0.1) is 29.2 Å². The zero-order valence-corrected chi connectivity index (χ0v) is 13.9. The summed E-state index contributed by atoms with van der Waals surface area (Å²) < 4.78 is 5.46. The van der Waals surface area contributed by atoms with Gasteiger partial charge in [-0.05, 0) is 30.7 Å². The maximum atomic E-state index is 12.1. The van der Waals surface area contributed by atoms with Gasteiger partial charge in [-0.1, -0.05) is 40.9 Å². The van der Waals surface area contributed by atoms with Crippen molar-refractivity contribution >= 4 is 29.4 Å². The Hall–Kier alpha value is -2.86. The summed E-state index contributed by atoms with van der Waals surface area (Å²) in [5, 5.41) is 0.984. The number of para-hydroxylation sites is 1. The maximum Gasteiger partial charge on any atom is 0.333 e. The van der Waals surface area contributed by atoms with E-state index in [2.05, 4.69) is 0 Å². The molecular formula is C18H14ClNO5. The third-order valence-electron chi connectivity index (χ3n) is 3.57. The van der Waals surface area contributed by atoms with Crippen LogP contribution < -0.4 is 4.74 Å². The van der Waals surface area contributed by atoms with Gasteiger partial charge in [-0.2, -0.15) is 0 Å². The Morgan fingerprint density at radius 2 is 1.56 bits per heavy atom. The predicted octanol–water partition coefficient (Wildman–Crippen LogP) is 3.25. The number of halogens is 1. The number of hydrogen-bond acceptors (Lipinski definition) is 5. The molecule has 0 radical (unpaired) electrons. The van der Waals surface area contributed by atoms with Gasteiger partial charge in [-0.15, -0.1) is 0 Å². The van der Waals surface area contributed by atoms with Crippen molar-refractivity contribution in [1.29, 1.82) is 0 Å². The molecule has 128 valence electrons. The fourth-order valence-corrected chi connectivity index (χ4v) is 2.55. The van der Waals surface area contributed by atoms with E-state index >= 15 is 0 Å². The highest BCUT2D eigenvalue weighted by atomic mass is 35.5. The smallest absolute Gasteiger partial charge is 0.333 e. The van der Waals surface area contributed by atoms with Gasteiger partial charge in [0.15, 0.2) is 0 Å². The van der Waals surface area contributed by atoms with Crippen molar-refractivity contribution in [2.45, 2.75) is 12.8 Å². The van der Waals surface area contributed by atoms with E-state index in [9.17, 15) is 14.4 Å². The number of nitrogens with zero attached hydrogens (tertiary/aromatic N) is 1. The second kappa shape index (κ2) is 7.36. The van der Waals surface area contributed by atoms with Crippen LogP contribution in [-0.4, -0.2) is 29.5 Å². The van der Waals surface area contributed by atoms with Crippen LogP contribution in [0.4, 0.5) is 0 Å². The molecule has 0 saturated heterocycles. The standard InChI is InChI=1S/C18H14ClNO5/c19-14-8-3-4-9-15(14)24-11-5-10-16(21)25-20-17(22)12-6-1-2-7-13(12)18(20)23/h1-4,6-9H,5,10-11H2. The third kappa shape index (κ3) is 3.64. The summed E-state index contributed by atoms with van der Waals surface area (Å²) in [7, 11) is 0. The highest BCUT2D eigenvalue weighted by Gasteiger charge is 2.38. The fraction of sp³-hybridized carbons (Fsp3) is 0.167. The summed E-state index contributed by atoms with van der Waals surface area (Å²) in [4.78, 5) is 40.9. The van der Waals surface area contributed by atoms with E-state index in [0.29, 0.717) is 22.3 Å². The van der Waals surface area contributed by atoms with Gasteiger partial charge in [0, 0.05) is 0 Å². The molecule has 0 saturated carbocycles. The lowest BCUT2D eigenvalue weighted by atomic mass is 10.1. The largest absolute Gasteiger partial charge is 0.492 e. The van der Waals surface area contributed by atoms with Crippen LogP contribution in [0.15, 0.2) is 48.5 Å². The number of imide groups is 1. The first-order valence-electron chi connectivity index (χ1n) is 7.64. The van der Waals surface area contributed by atoms with Crippen LogP contribution in [-0.2, 0) is 9.63 Å². The molecule has 0 fully saturated rings. The van der Waals surface area contributed by atoms with Crippen molar-refractivity contribution in [1.82, 2.24) is 5.06 Å². The van der Waals surface area contributed by atoms with Crippen LogP contribution in [0.1, 0.15) is 33.6 Å². The minimum atomic E-state index is -0.683. The molecule has 7 heteroatoms. The zero-order chi connectivity index (χ0) is 17.8. The lowest BCUT2D eigenvalue weighted by Gasteiger charge is -2.13. The van der Waals surface area contributed by atoms with Crippen molar-refractivity contribution in [2.75, 3.05) is 6.61 Å². The Labute approximate surface area is 148 Å². The molecule has 25 heavy (non-hydrogen) atoms. The highest BCUT2D eigenvalue weighted by Crippen LogP contribution is 2.24. The first kappa shape index (κ1) is 17.0. The van der Waals surface area contributed by atoms with Crippen molar-refractivity contribution in [2.24, 2.45) is 0 Å². The molecular weight excluding hydrogens is 346 g/mol. The molecule has 2 amide bonds. The molecule has 2 aromatic carbocycles. The molecule has 1 aliphatic rings. The monoisotopic (exact) mass is 359 g/mol. The van der Waals surface area contributed by atoms with E-state index in [-0.39, 0.29) is 24.2 Å². The average molecular weight is 360 g/mol. The van der Waals surface area contributed by atoms with Crippen LogP contribution in [0.2, 0.25) is 5.02 Å². The number of amides is 2. The van der Waals surface area contributed by atoms with Crippen LogP contribution >= 0.6 is 11.6 Å². The summed E-state index contributed by atoms with van der Waals surface area (Å²) in [6.45, 7) is 0.251. The Bertz CT molecular complexity index is 801. The number of carbonyl (C=O) groups excluding carboxylic acids is 3. The molecule has 0 aromatic heterocycles. The van der Waals surface area contributed by atoms with Crippen LogP contribution in [0.5, 0.6) is 5.75 Å². The molecule has 0 N–H and O–H groups in total. The lowest BCUT2D eigenvalue weighted by molar-refractivity contribution is -0.168. The molecule has 0 unspecified atom stereocenters. The second-order valence-electron chi connectivity index (χ2n) is 5.30. The van der Waals surface area contributed by atoms with Gasteiger partial charge in [-0.3, -0.25) is 9.59 Å². The molecule has 0 bridgehead atoms. The second-order valence-corrected chi connectivity index (χ2v) is 5.70. The van der Waals surface area contributed by atoms with E-state index in [4.69, 9.17) is 21.2 Å². The number of rotatable bonds is 6. The van der Waals surface area contributed by atoms with Crippen molar-refractivity contribution in [3.8, 4) is 5.75 Å². The van der Waals surface area contributed by atoms with Gasteiger partial charge in [0.25, 0.3) is 11.8 Å². The van der Waals surface area contributed by atoms with Gasteiger partial charge in [-0.25, -0.2) is 4.79 Å². The Morgan fingerprint density at radius 3 is 2.20 bits per heavy atom. The van der Waals surface area contributed by atoms with E-state index in [0.717, 1.165) is 0 Å². The first-order valence-corrected chi connectivity index (χ1v) is 8.01. The van der Waals surface area contributed by atoms with Gasteiger partial charge < -0.3 is 9.57 Å². The normalized spacial score (nSPS) is 12.9. The number of carbonyl (C=O) groups is 3. The van der Waals surface area contributed by atoms with Crippen molar-refractivity contribution in [3.05, 3.63) is 64.7 Å². The molecule has 0 atom stereocenters. The summed E-state index contributed by atoms with van der Waals surface area (Å²) in [6, 6.07) is 13.3. The third-order valence-corrected chi connectivity index (χ3v) is 3.88. The van der Waals surface area contributed by atoms with E-state index in [1.807, 2.05) is 0 Å². The number of ether oxygens (including phenoxy) is 1. The zero-order valence-electron chi connectivity index (χ0n) is 13.1. The van der Waals surface area contributed by atoms with E-state index < -0.39 is 17.8 Å². The molecule has 1 heterocycles. The van der Waals surface area contributed by atoms with Gasteiger partial charge in [0.2, 0.25) is 0 Å². The number of hydrogen-bond donors (Lipinski definition) is 0. The predicted molar refractivity (Wildman–Crippen MR) is 89.2 cm³/mol. The average Bonchev–Trinajstić information content (AvgIpc) is 2.85. The Balaban J connectivity index is 1.48. The van der Waals surface area contributed by atoms with E-state index in [1.165, 1.54) is 12.1 Å². The fourth-order valence-electron chi connectivity index (χ4n) is 2.36. The SMILES string of the molecule is O=C(CCCOc1ccccc1Cl)ON1C(=O)c2ccccc2C1=O. The first-order chi connectivity index (χ1) is 12.1. The van der Waals surface area contributed by atoms with Crippen LogP contribution in [0, 0.1) is 0 Å². The van der Waals surface area contributed by atoms with Gasteiger partial charge >= 0.3 is 5.97 Å². The molecule has 0 aliphatic carbocycles.